The van der Waals surface area contributed by atoms with Crippen molar-refractivity contribution in [1.82, 2.24) is 50.6 Å². The molecule has 0 spiro atoms. The number of hydrogen-bond donors (Lipinski definition) is 0. The molecule has 0 fully saturated rings. The van der Waals surface area contributed by atoms with Gasteiger partial charge < -0.3 is 9.47 Å². The molecule has 36 heavy (non-hydrogen) atoms. The zero-order chi connectivity index (χ0) is 25.7. The minimum absolute atomic E-state index is 0.0812. The summed E-state index contributed by atoms with van der Waals surface area (Å²) in [4.78, 5) is 24.2. The van der Waals surface area contributed by atoms with Gasteiger partial charge in [0.25, 0.3) is 11.6 Å². The highest BCUT2D eigenvalue weighted by molar-refractivity contribution is 6.17. The van der Waals surface area contributed by atoms with Gasteiger partial charge in [0, 0.05) is 0 Å². The molecule has 20 heteroatoms. The summed E-state index contributed by atoms with van der Waals surface area (Å²) in [6.07, 6.45) is 0. The van der Waals surface area contributed by atoms with Gasteiger partial charge in [0.15, 0.2) is 11.4 Å². The van der Waals surface area contributed by atoms with E-state index in [1.165, 1.54) is 0 Å². The third kappa shape index (κ3) is 4.62. The first-order valence-electron chi connectivity index (χ1n) is 9.96. The van der Waals surface area contributed by atoms with Crippen molar-refractivity contribution in [2.24, 2.45) is 10.2 Å². The Bertz CT molecular complexity index is 1300. The number of rotatable bonds is 10. The van der Waals surface area contributed by atoms with Crippen LogP contribution in [0.1, 0.15) is 46.2 Å². The van der Waals surface area contributed by atoms with E-state index in [0.29, 0.717) is 0 Å². The number of hydrogen-bond acceptors (Lipinski definition) is 16. The summed E-state index contributed by atoms with van der Waals surface area (Å²) in [5.41, 5.74) is 0.0923. The largest absolute Gasteiger partial charge is 0.461 e. The van der Waals surface area contributed by atoms with Crippen molar-refractivity contribution in [3.63, 3.8) is 0 Å². The first-order chi connectivity index (χ1) is 17.5. The molecule has 0 aromatic carbocycles. The average Bonchev–Trinajstić information content (AvgIpc) is 3.66. The molecule has 0 aliphatic heterocycles. The summed E-state index contributed by atoms with van der Waals surface area (Å²) >= 11 is 12.0. The minimum Gasteiger partial charge on any atom is -0.461 e. The van der Waals surface area contributed by atoms with Gasteiger partial charge in [-0.05, 0) is 34.5 Å². The van der Waals surface area contributed by atoms with Crippen molar-refractivity contribution < 1.29 is 28.3 Å². The molecule has 0 unspecified atom stereocenters. The Kier molecular flexibility index (Phi) is 7.54. The van der Waals surface area contributed by atoms with Crippen LogP contribution in [-0.2, 0) is 21.2 Å². The van der Waals surface area contributed by atoms with E-state index in [2.05, 4.69) is 51.5 Å². The van der Waals surface area contributed by atoms with Crippen molar-refractivity contribution in [2.45, 2.75) is 25.6 Å². The molecule has 18 nitrogen and oxygen atoms in total. The maximum absolute atomic E-state index is 12.1. The Morgan fingerprint density at radius 2 is 1.19 bits per heavy atom. The summed E-state index contributed by atoms with van der Waals surface area (Å²) in [7, 11) is 0. The number of alkyl halides is 2. The van der Waals surface area contributed by atoms with E-state index in [4.69, 9.17) is 41.9 Å². The summed E-state index contributed by atoms with van der Waals surface area (Å²) in [5, 5.41) is 37.8. The second-order valence-corrected chi connectivity index (χ2v) is 6.86. The second kappa shape index (κ2) is 11.0. The molecule has 0 aliphatic carbocycles. The van der Waals surface area contributed by atoms with E-state index < -0.39 is 11.9 Å². The Morgan fingerprint density at radius 1 is 0.778 bits per heavy atom. The number of azo groups is 1. The topological polar surface area (TPSA) is 217 Å². The van der Waals surface area contributed by atoms with Gasteiger partial charge in [-0.2, -0.15) is 9.36 Å². The van der Waals surface area contributed by atoms with Crippen LogP contribution in [0.15, 0.2) is 19.5 Å². The molecule has 4 heterocycles. The lowest BCUT2D eigenvalue weighted by Crippen LogP contribution is -2.09. The van der Waals surface area contributed by atoms with Crippen LogP contribution in [-0.4, -0.2) is 75.8 Å². The first kappa shape index (κ1) is 24.8. The number of carbonyl (C=O) groups excluding carboxylic acids is 2. The quantitative estimate of drug-likeness (QED) is 0.159. The zero-order valence-electron chi connectivity index (χ0n) is 18.4. The van der Waals surface area contributed by atoms with Gasteiger partial charge in [-0.3, -0.25) is 0 Å². The van der Waals surface area contributed by atoms with Crippen molar-refractivity contribution in [2.75, 3.05) is 13.2 Å². The lowest BCUT2D eigenvalue weighted by atomic mass is 10.3. The molecule has 4 aromatic heterocycles. The molecule has 0 radical (unpaired) electrons. The maximum atomic E-state index is 12.1. The Balaban J connectivity index is 1.66. The molecule has 4 rings (SSSR count). The van der Waals surface area contributed by atoms with Crippen molar-refractivity contribution in [1.29, 1.82) is 0 Å². The summed E-state index contributed by atoms with van der Waals surface area (Å²) < 4.78 is 21.5. The van der Waals surface area contributed by atoms with Gasteiger partial charge in [-0.15, -0.1) is 43.6 Å². The zero-order valence-corrected chi connectivity index (χ0v) is 19.9. The minimum atomic E-state index is -0.720. The van der Waals surface area contributed by atoms with Gasteiger partial charge in [0.2, 0.25) is 11.6 Å². The molecule has 0 N–H and O–H groups in total. The fourth-order valence-electron chi connectivity index (χ4n) is 2.75. The highest BCUT2D eigenvalue weighted by atomic mass is 35.5. The monoisotopic (exact) mass is 540 g/mol. The Hall–Kier alpha value is -4.32. The SMILES string of the molecule is CCOC(=O)c1nnn(-c2nonc2N=Nc2nonc2-n2nnc(C(=O)OCC)c2CCl)c1CCl. The van der Waals surface area contributed by atoms with Crippen LogP contribution < -0.4 is 0 Å². The first-order valence-corrected chi connectivity index (χ1v) is 11.0. The van der Waals surface area contributed by atoms with E-state index in [1.54, 1.807) is 13.8 Å². The van der Waals surface area contributed by atoms with E-state index in [9.17, 15) is 9.59 Å². The lowest BCUT2D eigenvalue weighted by Gasteiger charge is -2.02. The fourth-order valence-corrected chi connectivity index (χ4v) is 3.23. The third-order valence-electron chi connectivity index (χ3n) is 4.27. The molecule has 0 saturated carbocycles. The molecule has 0 amide bonds. The molecule has 0 atom stereocenters. The highest BCUT2D eigenvalue weighted by Gasteiger charge is 2.27. The molecule has 0 bridgehead atoms. The van der Waals surface area contributed by atoms with Crippen LogP contribution in [0.4, 0.5) is 11.6 Å². The van der Waals surface area contributed by atoms with Crippen LogP contribution in [0.3, 0.4) is 0 Å². The van der Waals surface area contributed by atoms with E-state index in [-0.39, 0.29) is 71.0 Å². The second-order valence-electron chi connectivity index (χ2n) is 6.32. The number of esters is 2. The summed E-state index contributed by atoms with van der Waals surface area (Å²) in [5.74, 6) is -2.30. The average molecular weight is 541 g/mol. The predicted molar refractivity (Wildman–Crippen MR) is 114 cm³/mol. The Labute approximate surface area is 209 Å². The number of nitrogens with zero attached hydrogens (tertiary/aromatic N) is 12. The summed E-state index contributed by atoms with van der Waals surface area (Å²) in [6.45, 7) is 3.54. The van der Waals surface area contributed by atoms with Crippen LogP contribution in [0.5, 0.6) is 0 Å². The number of halogens is 2. The van der Waals surface area contributed by atoms with Crippen molar-refractivity contribution in [3.05, 3.63) is 22.8 Å². The fraction of sp³-hybridized carbons (Fsp3) is 0.375. The molecular formula is C16H14Cl2N12O6. The molecule has 0 aliphatic rings. The normalized spacial score (nSPS) is 11.3. The standard InChI is InChI=1S/C16H14Cl2N12O6/c1-3-33-15(31)9-7(5-17)29(27-19-9)13-11(23-35-25-13)21-22-12-14(26-36-24-12)30-8(6-18)10(20-28-30)16(32)34-4-2/h3-6H2,1-2H3. The van der Waals surface area contributed by atoms with E-state index in [1.807, 2.05) is 0 Å². The molecule has 0 saturated heterocycles. The van der Waals surface area contributed by atoms with E-state index >= 15 is 0 Å². The lowest BCUT2D eigenvalue weighted by molar-refractivity contribution is 0.0508. The van der Waals surface area contributed by atoms with Gasteiger partial charge in [-0.1, -0.05) is 10.4 Å². The number of ether oxygens (including phenoxy) is 2. The number of carbonyl (C=O) groups is 2. The van der Waals surface area contributed by atoms with Crippen LogP contribution in [0, 0.1) is 0 Å². The molecule has 4 aromatic rings. The van der Waals surface area contributed by atoms with Crippen LogP contribution in [0.2, 0.25) is 0 Å². The van der Waals surface area contributed by atoms with Crippen LogP contribution >= 0.6 is 23.2 Å². The van der Waals surface area contributed by atoms with Gasteiger partial charge in [0.1, 0.15) is 0 Å². The van der Waals surface area contributed by atoms with Gasteiger partial charge in [-0.25, -0.2) is 18.8 Å². The maximum Gasteiger partial charge on any atom is 0.360 e. The van der Waals surface area contributed by atoms with Gasteiger partial charge >= 0.3 is 11.9 Å². The predicted octanol–water partition coefficient (Wildman–Crippen LogP) is 1.86. The summed E-state index contributed by atoms with van der Waals surface area (Å²) in [6, 6.07) is 0. The molecule has 188 valence electrons. The Morgan fingerprint density at radius 3 is 1.56 bits per heavy atom. The van der Waals surface area contributed by atoms with Crippen LogP contribution in [0.25, 0.3) is 11.6 Å². The van der Waals surface area contributed by atoms with Crippen molar-refractivity contribution >= 4 is 46.8 Å². The number of aromatic nitrogens is 10. The van der Waals surface area contributed by atoms with Crippen molar-refractivity contribution in [3.8, 4) is 11.6 Å². The smallest absolute Gasteiger partial charge is 0.360 e. The third-order valence-corrected chi connectivity index (χ3v) is 4.77. The van der Waals surface area contributed by atoms with Gasteiger partial charge in [0.05, 0.1) is 36.4 Å². The highest BCUT2D eigenvalue weighted by Crippen LogP contribution is 2.27. The van der Waals surface area contributed by atoms with E-state index in [0.717, 1.165) is 9.36 Å². The molecular weight excluding hydrogens is 527 g/mol.